The van der Waals surface area contributed by atoms with Gasteiger partial charge in [0, 0.05) is 19.2 Å². The van der Waals surface area contributed by atoms with Crippen LogP contribution in [0.25, 0.3) is 11.4 Å². The van der Waals surface area contributed by atoms with Crippen molar-refractivity contribution in [1.29, 1.82) is 0 Å². The molecule has 10 nitrogen and oxygen atoms in total. The number of nitrogens with zero attached hydrogens (tertiary/aromatic N) is 6. The van der Waals surface area contributed by atoms with E-state index < -0.39 is 15.9 Å². The Morgan fingerprint density at radius 3 is 2.34 bits per heavy atom. The van der Waals surface area contributed by atoms with Gasteiger partial charge in [0.2, 0.25) is 10.0 Å². The van der Waals surface area contributed by atoms with E-state index in [0.717, 1.165) is 33.6 Å². The molecule has 172 valence electrons. The lowest BCUT2D eigenvalue weighted by Crippen LogP contribution is -2.38. The first kappa shape index (κ1) is 23.8. The summed E-state index contributed by atoms with van der Waals surface area (Å²) >= 11 is 1.14. The fourth-order valence-electron chi connectivity index (χ4n) is 3.35. The summed E-state index contributed by atoms with van der Waals surface area (Å²) in [6.07, 6.45) is 1.01. The van der Waals surface area contributed by atoms with Gasteiger partial charge in [-0.15, -0.1) is 10.2 Å². The van der Waals surface area contributed by atoms with Gasteiger partial charge in [-0.1, -0.05) is 11.8 Å². The molecule has 0 fully saturated rings. The summed E-state index contributed by atoms with van der Waals surface area (Å²) in [5.41, 5.74) is 2.20. The molecule has 1 aromatic carbocycles. The zero-order valence-corrected chi connectivity index (χ0v) is 20.5. The molecule has 0 aliphatic heterocycles. The summed E-state index contributed by atoms with van der Waals surface area (Å²) in [5.74, 6) is 0.692. The van der Waals surface area contributed by atoms with E-state index in [1.54, 1.807) is 32.7 Å². The highest BCUT2D eigenvalue weighted by Gasteiger charge is 2.31. The lowest BCUT2D eigenvalue weighted by Gasteiger charge is -2.20. The minimum Gasteiger partial charge on any atom is -0.497 e. The Morgan fingerprint density at radius 2 is 1.84 bits per heavy atom. The van der Waals surface area contributed by atoms with E-state index in [1.807, 2.05) is 35.8 Å². The fraction of sp³-hybridized carbons (Fsp3) is 0.400. The summed E-state index contributed by atoms with van der Waals surface area (Å²) in [6, 6.07) is 7.44. The van der Waals surface area contributed by atoms with Crippen LogP contribution >= 0.6 is 11.8 Å². The zero-order chi connectivity index (χ0) is 23.6. The third-order valence-electron chi connectivity index (χ3n) is 4.94. The Labute approximate surface area is 191 Å². The quantitative estimate of drug-likeness (QED) is 0.454. The summed E-state index contributed by atoms with van der Waals surface area (Å²) in [6.45, 7) is 5.94. The number of carbonyl (C=O) groups is 1. The Bertz CT molecular complexity index is 1230. The number of anilines is 1. The predicted octanol–water partition coefficient (Wildman–Crippen LogP) is 2.41. The van der Waals surface area contributed by atoms with Gasteiger partial charge in [0.1, 0.15) is 11.4 Å². The molecule has 1 amide bonds. The molecule has 0 N–H and O–H groups in total. The number of aryl methyl sites for hydroxylation is 2. The number of ether oxygens (including phenoxy) is 1. The van der Waals surface area contributed by atoms with Crippen LogP contribution in [0.2, 0.25) is 0 Å². The number of rotatable bonds is 8. The van der Waals surface area contributed by atoms with Crippen LogP contribution in [-0.4, -0.2) is 58.0 Å². The van der Waals surface area contributed by atoms with Gasteiger partial charge >= 0.3 is 0 Å². The van der Waals surface area contributed by atoms with Crippen LogP contribution in [0, 0.1) is 13.8 Å². The first-order valence-corrected chi connectivity index (χ1v) is 12.7. The van der Waals surface area contributed by atoms with Gasteiger partial charge in [-0.05, 0) is 45.0 Å². The van der Waals surface area contributed by atoms with Crippen LogP contribution in [0.15, 0.2) is 29.4 Å². The van der Waals surface area contributed by atoms with E-state index in [2.05, 4.69) is 15.3 Å². The molecule has 0 aliphatic rings. The first-order chi connectivity index (χ1) is 15.1. The molecular weight excluding hydrogens is 452 g/mol. The Kier molecular flexibility index (Phi) is 6.94. The van der Waals surface area contributed by atoms with Crippen LogP contribution in [0.3, 0.4) is 0 Å². The van der Waals surface area contributed by atoms with E-state index in [9.17, 15) is 13.2 Å². The molecule has 3 rings (SSSR count). The standard InChI is InChI=1S/C20H26N6O4S2/c1-7-25-19(15-8-10-16(30-5)11-9-15)21-22-20(25)31-12-17(27)26(32(6,28)29)18-13(2)23-24(4)14(18)3/h8-11H,7,12H2,1-6H3. The molecule has 2 heterocycles. The van der Waals surface area contributed by atoms with Crippen molar-refractivity contribution in [3.63, 3.8) is 0 Å². The maximum atomic E-state index is 13.0. The minimum atomic E-state index is -3.85. The summed E-state index contributed by atoms with van der Waals surface area (Å²) < 4.78 is 34.4. The number of hydrogen-bond donors (Lipinski definition) is 0. The average Bonchev–Trinajstić information content (AvgIpc) is 3.27. The van der Waals surface area contributed by atoms with Crippen molar-refractivity contribution in [2.24, 2.45) is 7.05 Å². The lowest BCUT2D eigenvalue weighted by molar-refractivity contribution is -0.115. The predicted molar refractivity (Wildman–Crippen MR) is 123 cm³/mol. The normalized spacial score (nSPS) is 11.6. The average molecular weight is 479 g/mol. The van der Waals surface area contributed by atoms with Crippen molar-refractivity contribution in [1.82, 2.24) is 24.5 Å². The monoisotopic (exact) mass is 478 g/mol. The van der Waals surface area contributed by atoms with Crippen molar-refractivity contribution in [2.45, 2.75) is 32.5 Å². The molecule has 0 saturated heterocycles. The van der Waals surface area contributed by atoms with E-state index in [0.29, 0.717) is 28.9 Å². The molecule has 12 heteroatoms. The Morgan fingerprint density at radius 1 is 1.19 bits per heavy atom. The van der Waals surface area contributed by atoms with Gasteiger partial charge in [0.25, 0.3) is 5.91 Å². The minimum absolute atomic E-state index is 0.123. The first-order valence-electron chi connectivity index (χ1n) is 9.82. The largest absolute Gasteiger partial charge is 0.497 e. The zero-order valence-electron chi connectivity index (χ0n) is 18.9. The number of aromatic nitrogens is 5. The van der Waals surface area contributed by atoms with Crippen molar-refractivity contribution in [2.75, 3.05) is 23.4 Å². The fourth-order valence-corrected chi connectivity index (χ4v) is 5.31. The van der Waals surface area contributed by atoms with Gasteiger partial charge < -0.3 is 9.30 Å². The van der Waals surface area contributed by atoms with Gasteiger partial charge in [0.05, 0.1) is 30.5 Å². The van der Waals surface area contributed by atoms with E-state index >= 15 is 0 Å². The molecule has 0 atom stereocenters. The Balaban J connectivity index is 1.86. The number of thioether (sulfide) groups is 1. The highest BCUT2D eigenvalue weighted by atomic mass is 32.2. The second-order valence-corrected chi connectivity index (χ2v) is 9.91. The lowest BCUT2D eigenvalue weighted by atomic mass is 10.2. The maximum absolute atomic E-state index is 13.0. The van der Waals surface area contributed by atoms with E-state index in [1.165, 1.54) is 0 Å². The van der Waals surface area contributed by atoms with E-state index in [4.69, 9.17) is 4.74 Å². The van der Waals surface area contributed by atoms with Crippen molar-refractivity contribution in [3.8, 4) is 17.1 Å². The van der Waals surface area contributed by atoms with Crippen LogP contribution in [0.1, 0.15) is 18.3 Å². The second-order valence-electron chi connectivity index (χ2n) is 7.13. The number of hydrogen-bond acceptors (Lipinski definition) is 8. The number of carbonyl (C=O) groups excluding carboxylic acids is 1. The van der Waals surface area contributed by atoms with Crippen molar-refractivity contribution in [3.05, 3.63) is 35.7 Å². The topological polar surface area (TPSA) is 112 Å². The smallest absolute Gasteiger partial charge is 0.251 e. The molecule has 3 aromatic rings. The highest BCUT2D eigenvalue weighted by Crippen LogP contribution is 2.29. The van der Waals surface area contributed by atoms with Gasteiger partial charge in [-0.25, -0.2) is 12.7 Å². The second kappa shape index (κ2) is 9.33. The molecule has 0 saturated carbocycles. The molecule has 0 radical (unpaired) electrons. The number of benzene rings is 1. The molecule has 0 aliphatic carbocycles. The number of amides is 1. The van der Waals surface area contributed by atoms with Crippen molar-refractivity contribution >= 4 is 33.4 Å². The van der Waals surface area contributed by atoms with Crippen LogP contribution in [-0.2, 0) is 28.4 Å². The molecule has 0 bridgehead atoms. The summed E-state index contributed by atoms with van der Waals surface area (Å²) in [5, 5.41) is 13.3. The number of sulfonamides is 1. The molecular formula is C20H26N6O4S2. The molecule has 2 aromatic heterocycles. The summed E-state index contributed by atoms with van der Waals surface area (Å²) in [7, 11) is -0.546. The highest BCUT2D eigenvalue weighted by molar-refractivity contribution is 8.00. The third kappa shape index (κ3) is 4.65. The number of methoxy groups -OCH3 is 1. The van der Waals surface area contributed by atoms with E-state index in [-0.39, 0.29) is 11.4 Å². The maximum Gasteiger partial charge on any atom is 0.251 e. The van der Waals surface area contributed by atoms with Crippen LogP contribution < -0.4 is 9.04 Å². The van der Waals surface area contributed by atoms with Gasteiger partial charge in [-0.3, -0.25) is 9.48 Å². The Hall–Kier alpha value is -2.86. The van der Waals surface area contributed by atoms with Crippen LogP contribution in [0.4, 0.5) is 5.69 Å². The van der Waals surface area contributed by atoms with Crippen molar-refractivity contribution < 1.29 is 17.9 Å². The molecule has 32 heavy (non-hydrogen) atoms. The molecule has 0 spiro atoms. The van der Waals surface area contributed by atoms with Gasteiger partial charge in [0.15, 0.2) is 11.0 Å². The third-order valence-corrected chi connectivity index (χ3v) is 6.94. The SMILES string of the molecule is CCn1c(SCC(=O)N(c2c(C)nn(C)c2C)S(C)(=O)=O)nnc1-c1ccc(OC)cc1. The molecule has 0 unspecified atom stereocenters. The van der Waals surface area contributed by atoms with Gasteiger partial charge in [-0.2, -0.15) is 5.10 Å². The summed E-state index contributed by atoms with van der Waals surface area (Å²) in [4.78, 5) is 13.0. The van der Waals surface area contributed by atoms with Crippen LogP contribution in [0.5, 0.6) is 5.75 Å².